The molecule has 45 heavy (non-hydrogen) atoms. The van der Waals surface area contributed by atoms with Gasteiger partial charge in [0.05, 0.1) is 22.1 Å². The van der Waals surface area contributed by atoms with Crippen LogP contribution in [0.5, 0.6) is 0 Å². The number of aromatic nitrogens is 2. The smallest absolute Gasteiger partial charge is 0.135 e. The summed E-state index contributed by atoms with van der Waals surface area (Å²) in [5.41, 5.74) is 8.01. The van der Waals surface area contributed by atoms with Crippen LogP contribution in [0.1, 0.15) is 25.6 Å². The van der Waals surface area contributed by atoms with Crippen LogP contribution in [0.15, 0.2) is 157 Å². The average Bonchev–Trinajstić information content (AvgIpc) is 3.60. The molecule has 4 heteroatoms. The van der Waals surface area contributed by atoms with Crippen molar-refractivity contribution in [1.29, 1.82) is 0 Å². The molecule has 2 heterocycles. The summed E-state index contributed by atoms with van der Waals surface area (Å²) in [6.07, 6.45) is -0.178. The molecule has 4 nitrogen and oxygen atoms in total. The van der Waals surface area contributed by atoms with Crippen molar-refractivity contribution in [2.75, 3.05) is 5.32 Å². The second kappa shape index (κ2) is 11.1. The van der Waals surface area contributed by atoms with Gasteiger partial charge in [-0.15, -0.1) is 0 Å². The Kier molecular flexibility index (Phi) is 6.68. The van der Waals surface area contributed by atoms with E-state index in [1.807, 2.05) is 6.07 Å². The molecule has 0 amide bonds. The number of rotatable bonds is 6. The zero-order chi connectivity index (χ0) is 30.3. The highest BCUT2D eigenvalue weighted by molar-refractivity contribution is 6.25. The van der Waals surface area contributed by atoms with Crippen LogP contribution in [0.3, 0.4) is 0 Å². The van der Waals surface area contributed by atoms with Gasteiger partial charge in [-0.1, -0.05) is 123 Å². The molecule has 218 valence electrons. The lowest BCUT2D eigenvalue weighted by Crippen LogP contribution is -2.20. The summed E-state index contributed by atoms with van der Waals surface area (Å²) in [5.74, 6) is 1.06. The quantitative estimate of drug-likeness (QED) is 0.154. The van der Waals surface area contributed by atoms with Gasteiger partial charge in [0.25, 0.3) is 0 Å². The highest BCUT2D eigenvalue weighted by Crippen LogP contribution is 2.43. The highest BCUT2D eigenvalue weighted by Gasteiger charge is 2.25. The van der Waals surface area contributed by atoms with E-state index in [2.05, 4.69) is 174 Å². The lowest BCUT2D eigenvalue weighted by atomic mass is 10.1. The molecule has 0 radical (unpaired) electrons. The number of aliphatic imine (C=N–C) groups is 1. The zero-order valence-electron chi connectivity index (χ0n) is 25.4. The Morgan fingerprint density at radius 1 is 0.556 bits per heavy atom. The predicted octanol–water partition coefficient (Wildman–Crippen LogP) is 10.6. The van der Waals surface area contributed by atoms with Crippen molar-refractivity contribution >= 4 is 55.1 Å². The maximum atomic E-state index is 5.60. The zero-order valence-corrected chi connectivity index (χ0v) is 25.4. The van der Waals surface area contributed by atoms with Gasteiger partial charge in [-0.25, -0.2) is 4.99 Å². The van der Waals surface area contributed by atoms with Gasteiger partial charge in [-0.3, -0.25) is 0 Å². The Balaban J connectivity index is 1.47. The molecule has 6 aromatic carbocycles. The third kappa shape index (κ3) is 4.58. The van der Waals surface area contributed by atoms with Gasteiger partial charge in [0.1, 0.15) is 12.0 Å². The minimum Gasteiger partial charge on any atom is -0.340 e. The van der Waals surface area contributed by atoms with Crippen molar-refractivity contribution in [3.63, 3.8) is 0 Å². The number of anilines is 1. The molecular formula is C41H34N4. The number of benzene rings is 6. The Morgan fingerprint density at radius 3 is 1.87 bits per heavy atom. The monoisotopic (exact) mass is 582 g/mol. The van der Waals surface area contributed by atoms with Crippen molar-refractivity contribution in [3.05, 3.63) is 157 Å². The van der Waals surface area contributed by atoms with Crippen molar-refractivity contribution in [3.8, 4) is 5.69 Å². The number of fused-ring (bicyclic) bond motifs is 7. The third-order valence-electron chi connectivity index (χ3n) is 8.73. The van der Waals surface area contributed by atoms with E-state index in [0.29, 0.717) is 0 Å². The Labute approximate surface area is 262 Å². The third-order valence-corrected chi connectivity index (χ3v) is 8.73. The average molecular weight is 583 g/mol. The fourth-order valence-corrected chi connectivity index (χ4v) is 6.74. The van der Waals surface area contributed by atoms with Gasteiger partial charge >= 0.3 is 0 Å². The number of nitrogens with zero attached hydrogens (tertiary/aromatic N) is 3. The SMILES string of the molecule is CC(C)C(N=C(Nc1ccccc1)c1ccccc1)n1c2ccccc2c2ccc3c(c4ccccc4n3-c3ccccc3)c21. The summed E-state index contributed by atoms with van der Waals surface area (Å²) in [4.78, 5) is 5.60. The summed E-state index contributed by atoms with van der Waals surface area (Å²) in [6.45, 7) is 4.54. The van der Waals surface area contributed by atoms with E-state index in [-0.39, 0.29) is 12.1 Å². The maximum Gasteiger partial charge on any atom is 0.135 e. The molecule has 1 atom stereocenters. The van der Waals surface area contributed by atoms with Crippen LogP contribution >= 0.6 is 0 Å². The van der Waals surface area contributed by atoms with Crippen LogP contribution in [-0.2, 0) is 0 Å². The van der Waals surface area contributed by atoms with Crippen LogP contribution in [0.4, 0.5) is 5.69 Å². The summed E-state index contributed by atoms with van der Waals surface area (Å²) >= 11 is 0. The standard InChI is InChI=1S/C41H34N4/c1-28(2)41(43-40(29-16-6-3-7-17-29)42-30-18-8-4-9-19-30)45-35-24-14-12-22-32(35)33-26-27-37-38(39(33)45)34-23-13-15-25-36(34)44(37)31-20-10-5-11-21-31/h3-28,41H,1-2H3,(H,42,43). The van der Waals surface area contributed by atoms with Crippen molar-refractivity contribution < 1.29 is 0 Å². The molecular weight excluding hydrogens is 548 g/mol. The molecule has 0 saturated heterocycles. The number of hydrogen-bond acceptors (Lipinski definition) is 1. The molecule has 0 fully saturated rings. The minimum absolute atomic E-state index is 0.178. The topological polar surface area (TPSA) is 34.2 Å². The number of amidine groups is 1. The first kappa shape index (κ1) is 27.0. The van der Waals surface area contributed by atoms with Crippen LogP contribution < -0.4 is 5.32 Å². The second-order valence-electron chi connectivity index (χ2n) is 11.9. The normalized spacial score (nSPS) is 12.9. The summed E-state index contributed by atoms with van der Waals surface area (Å²) < 4.78 is 4.89. The van der Waals surface area contributed by atoms with E-state index in [0.717, 1.165) is 22.8 Å². The fourth-order valence-electron chi connectivity index (χ4n) is 6.74. The lowest BCUT2D eigenvalue weighted by molar-refractivity contribution is 0.411. The van der Waals surface area contributed by atoms with E-state index in [9.17, 15) is 0 Å². The molecule has 0 spiro atoms. The Morgan fingerprint density at radius 2 is 1.16 bits per heavy atom. The first-order valence-electron chi connectivity index (χ1n) is 15.6. The largest absolute Gasteiger partial charge is 0.340 e. The van der Waals surface area contributed by atoms with Gasteiger partial charge in [0.2, 0.25) is 0 Å². The van der Waals surface area contributed by atoms with Gasteiger partial charge in [0.15, 0.2) is 0 Å². The molecule has 0 bridgehead atoms. The number of hydrogen-bond donors (Lipinski definition) is 1. The first-order chi connectivity index (χ1) is 22.2. The Bertz CT molecular complexity index is 2310. The second-order valence-corrected chi connectivity index (χ2v) is 11.9. The highest BCUT2D eigenvalue weighted by atomic mass is 15.2. The maximum absolute atomic E-state index is 5.60. The lowest BCUT2D eigenvalue weighted by Gasteiger charge is -2.24. The fraction of sp³-hybridized carbons (Fsp3) is 0.0976. The molecule has 0 aliphatic carbocycles. The molecule has 8 aromatic rings. The van der Waals surface area contributed by atoms with Gasteiger partial charge in [-0.2, -0.15) is 0 Å². The van der Waals surface area contributed by atoms with E-state index in [1.54, 1.807) is 0 Å². The number of nitrogens with one attached hydrogen (secondary N) is 1. The minimum atomic E-state index is -0.178. The Hall–Kier alpha value is -5.61. The van der Waals surface area contributed by atoms with E-state index >= 15 is 0 Å². The van der Waals surface area contributed by atoms with E-state index in [1.165, 1.54) is 43.6 Å². The molecule has 2 aromatic heterocycles. The van der Waals surface area contributed by atoms with Gasteiger partial charge in [-0.05, 0) is 48.4 Å². The summed E-state index contributed by atoms with van der Waals surface area (Å²) in [6, 6.07) is 53.6. The molecule has 0 aliphatic heterocycles. The van der Waals surface area contributed by atoms with Gasteiger partial charge < -0.3 is 14.5 Å². The van der Waals surface area contributed by atoms with Crippen LogP contribution in [0, 0.1) is 5.92 Å². The van der Waals surface area contributed by atoms with Crippen molar-refractivity contribution in [2.45, 2.75) is 20.0 Å². The molecule has 0 saturated carbocycles. The van der Waals surface area contributed by atoms with E-state index < -0.39 is 0 Å². The summed E-state index contributed by atoms with van der Waals surface area (Å²) in [7, 11) is 0. The van der Waals surface area contributed by atoms with Gasteiger partial charge in [0, 0.05) is 38.5 Å². The predicted molar refractivity (Wildman–Crippen MR) is 191 cm³/mol. The molecule has 1 unspecified atom stereocenters. The van der Waals surface area contributed by atoms with Crippen LogP contribution in [0.25, 0.3) is 49.3 Å². The van der Waals surface area contributed by atoms with Crippen LogP contribution in [-0.4, -0.2) is 15.0 Å². The number of para-hydroxylation sites is 4. The van der Waals surface area contributed by atoms with E-state index in [4.69, 9.17) is 4.99 Å². The summed E-state index contributed by atoms with van der Waals surface area (Å²) in [5, 5.41) is 8.64. The van der Waals surface area contributed by atoms with Crippen molar-refractivity contribution in [1.82, 2.24) is 9.13 Å². The molecule has 8 rings (SSSR count). The van der Waals surface area contributed by atoms with Crippen LogP contribution in [0.2, 0.25) is 0 Å². The van der Waals surface area contributed by atoms with Crippen molar-refractivity contribution in [2.24, 2.45) is 10.9 Å². The molecule has 0 aliphatic rings. The molecule has 1 N–H and O–H groups in total. The first-order valence-corrected chi connectivity index (χ1v) is 15.6.